The molecule has 3 aromatic rings. The fourth-order valence-electron chi connectivity index (χ4n) is 9.12. The van der Waals surface area contributed by atoms with E-state index in [9.17, 15) is 33.6 Å². The highest BCUT2D eigenvalue weighted by Crippen LogP contribution is 2.35. The van der Waals surface area contributed by atoms with Crippen LogP contribution in [0, 0.1) is 5.92 Å². The zero-order chi connectivity index (χ0) is 44.1. The van der Waals surface area contributed by atoms with Gasteiger partial charge in [0.25, 0.3) is 17.7 Å². The van der Waals surface area contributed by atoms with Gasteiger partial charge in [-0.2, -0.15) is 0 Å². The van der Waals surface area contributed by atoms with Crippen molar-refractivity contribution >= 4 is 59.2 Å². The van der Waals surface area contributed by atoms with Crippen LogP contribution in [0.4, 0.5) is 0 Å². The molecule has 332 valence electrons. The largest absolute Gasteiger partial charge is 0.353 e. The number of thioether (sulfide) groups is 1. The smallest absolute Gasteiger partial charge is 0.263 e. The third-order valence-corrected chi connectivity index (χ3v) is 13.9. The van der Waals surface area contributed by atoms with E-state index < -0.39 is 29.7 Å². The van der Waals surface area contributed by atoms with Gasteiger partial charge < -0.3 is 15.1 Å². The molecule has 0 aliphatic carbocycles. The van der Waals surface area contributed by atoms with E-state index in [2.05, 4.69) is 27.8 Å². The van der Waals surface area contributed by atoms with Crippen molar-refractivity contribution in [3.63, 3.8) is 0 Å². The van der Waals surface area contributed by atoms with E-state index in [1.165, 1.54) is 17.3 Å². The summed E-state index contributed by atoms with van der Waals surface area (Å²) in [5.74, 6) is -0.0867. The minimum Gasteiger partial charge on any atom is -0.353 e. The molecule has 0 radical (unpaired) electrons. The van der Waals surface area contributed by atoms with E-state index in [1.807, 2.05) is 40.1 Å². The number of nitrogens with one attached hydrogen (secondary N) is 2. The SMILES string of the molecule is O=C(/C=C/c1cccnc1)NCCCCC1CCN(C(=O)c2ccc(C3CCN(C(=O)CCCCCCSc4cccc5c4C(=O)N(C4CCC(=O)NC4=O)C5=O)CC3)cc2)CC1. The van der Waals surface area contributed by atoms with Gasteiger partial charge in [0.2, 0.25) is 23.6 Å². The first-order chi connectivity index (χ1) is 30.7. The molecule has 5 heterocycles. The van der Waals surface area contributed by atoms with Crippen molar-refractivity contribution in [1.29, 1.82) is 0 Å². The Balaban J connectivity index is 0.734. The second kappa shape index (κ2) is 22.1. The van der Waals surface area contributed by atoms with Crippen molar-refractivity contribution < 1.29 is 33.6 Å². The predicted octanol–water partition coefficient (Wildman–Crippen LogP) is 6.78. The van der Waals surface area contributed by atoms with Crippen molar-refractivity contribution in [2.45, 2.75) is 107 Å². The number of carbonyl (C=O) groups is 7. The first-order valence-corrected chi connectivity index (χ1v) is 23.6. The maximum Gasteiger partial charge on any atom is 0.263 e. The summed E-state index contributed by atoms with van der Waals surface area (Å²) < 4.78 is 0. The maximum absolute atomic E-state index is 13.4. The zero-order valence-corrected chi connectivity index (χ0v) is 36.8. The van der Waals surface area contributed by atoms with Gasteiger partial charge in [-0.25, -0.2) is 0 Å². The number of likely N-dealkylation sites (tertiary alicyclic amines) is 2. The number of aromatic nitrogens is 1. The number of nitrogens with zero attached hydrogens (tertiary/aromatic N) is 4. The van der Waals surface area contributed by atoms with Gasteiger partial charge in [0.15, 0.2) is 0 Å². The number of imide groups is 2. The third kappa shape index (κ3) is 11.9. The molecule has 4 aliphatic heterocycles. The first-order valence-electron chi connectivity index (χ1n) is 22.7. The number of benzene rings is 2. The van der Waals surface area contributed by atoms with E-state index in [4.69, 9.17) is 0 Å². The van der Waals surface area contributed by atoms with Gasteiger partial charge in [0.05, 0.1) is 11.1 Å². The van der Waals surface area contributed by atoms with E-state index >= 15 is 0 Å². The highest BCUT2D eigenvalue weighted by molar-refractivity contribution is 7.99. The molecule has 2 aromatic carbocycles. The van der Waals surface area contributed by atoms with Gasteiger partial charge in [0.1, 0.15) is 6.04 Å². The molecule has 7 amide bonds. The van der Waals surface area contributed by atoms with Crippen LogP contribution in [0.15, 0.2) is 78.0 Å². The third-order valence-electron chi connectivity index (χ3n) is 12.8. The zero-order valence-electron chi connectivity index (χ0n) is 35.9. The predicted molar refractivity (Wildman–Crippen MR) is 241 cm³/mol. The van der Waals surface area contributed by atoms with Gasteiger partial charge in [0, 0.05) is 74.5 Å². The number of rotatable bonds is 18. The van der Waals surface area contributed by atoms with Crippen LogP contribution in [0.1, 0.15) is 138 Å². The summed E-state index contributed by atoms with van der Waals surface area (Å²) >= 11 is 1.52. The monoisotopic (exact) mass is 874 g/mol. The molecule has 63 heavy (non-hydrogen) atoms. The lowest BCUT2D eigenvalue weighted by atomic mass is 9.88. The van der Waals surface area contributed by atoms with Gasteiger partial charge in [-0.3, -0.25) is 48.8 Å². The molecular weight excluding hydrogens is 817 g/mol. The number of pyridine rings is 1. The maximum atomic E-state index is 13.4. The van der Waals surface area contributed by atoms with Crippen LogP contribution in [0.3, 0.4) is 0 Å². The van der Waals surface area contributed by atoms with E-state index in [-0.39, 0.29) is 30.6 Å². The Morgan fingerprint density at radius 1 is 0.794 bits per heavy atom. The number of amides is 7. The van der Waals surface area contributed by atoms with Crippen molar-refractivity contribution in [3.05, 3.63) is 101 Å². The minimum atomic E-state index is -0.983. The normalized spacial score (nSPS) is 18.5. The summed E-state index contributed by atoms with van der Waals surface area (Å²) in [7, 11) is 0. The van der Waals surface area contributed by atoms with Crippen LogP contribution < -0.4 is 10.6 Å². The van der Waals surface area contributed by atoms with Crippen LogP contribution in [0.2, 0.25) is 0 Å². The molecule has 1 atom stereocenters. The Morgan fingerprint density at radius 2 is 1.56 bits per heavy atom. The van der Waals surface area contributed by atoms with Gasteiger partial charge in [-0.05, 0) is 116 Å². The van der Waals surface area contributed by atoms with Crippen molar-refractivity contribution in [3.8, 4) is 0 Å². The molecular formula is C49H58N6O7S. The van der Waals surface area contributed by atoms with E-state index in [1.54, 1.807) is 36.7 Å². The molecule has 13 nitrogen and oxygen atoms in total. The Kier molecular flexibility index (Phi) is 15.9. The topological polar surface area (TPSA) is 166 Å². The summed E-state index contributed by atoms with van der Waals surface area (Å²) in [5, 5.41) is 5.19. The molecule has 3 fully saturated rings. The van der Waals surface area contributed by atoms with Crippen LogP contribution >= 0.6 is 11.8 Å². The first kappa shape index (κ1) is 45.4. The quantitative estimate of drug-likeness (QED) is 0.0606. The molecule has 3 saturated heterocycles. The summed E-state index contributed by atoms with van der Waals surface area (Å²) in [6.45, 7) is 3.66. The number of hydrogen-bond donors (Lipinski definition) is 2. The molecule has 7 rings (SSSR count). The Bertz CT molecular complexity index is 2160. The van der Waals surface area contributed by atoms with Crippen LogP contribution in [-0.4, -0.2) is 106 Å². The van der Waals surface area contributed by atoms with E-state index in [0.29, 0.717) is 40.8 Å². The molecule has 14 heteroatoms. The average Bonchev–Trinajstić information content (AvgIpc) is 3.56. The minimum absolute atomic E-state index is 0.0831. The van der Waals surface area contributed by atoms with Crippen molar-refractivity contribution in [1.82, 2.24) is 30.3 Å². The number of carbonyl (C=O) groups excluding carboxylic acids is 7. The standard InChI is InChI=1S/C49H58N6O7S/c56-42(20-14-35-10-8-26-50-33-35)51-27-5-4-9-34-22-28-54(29-23-34)47(60)38-17-15-36(16-18-38)37-24-30-53(31-25-37)44(58)13-3-1-2-6-32-63-41-12-7-11-39-45(41)49(62)55(48(39)61)40-19-21-43(57)52-46(40)59/h7-8,10-12,14-18,20,26,33-34,37,40H,1-6,9,13,19,21-25,27-32H2,(H,51,56)(H,52,57,59)/b20-14+. The molecule has 0 bridgehead atoms. The Labute approximate surface area is 373 Å². The Hall–Kier alpha value is -5.63. The molecule has 2 N–H and O–H groups in total. The van der Waals surface area contributed by atoms with Crippen LogP contribution in [0.5, 0.6) is 0 Å². The van der Waals surface area contributed by atoms with Gasteiger partial charge >= 0.3 is 0 Å². The summed E-state index contributed by atoms with van der Waals surface area (Å²) in [6, 6.07) is 16.1. The van der Waals surface area contributed by atoms with Gasteiger partial charge in [-0.1, -0.05) is 49.9 Å². The van der Waals surface area contributed by atoms with Crippen LogP contribution in [-0.2, 0) is 19.2 Å². The van der Waals surface area contributed by atoms with Crippen molar-refractivity contribution in [2.24, 2.45) is 5.92 Å². The summed E-state index contributed by atoms with van der Waals surface area (Å²) in [4.78, 5) is 98.7. The number of piperidine rings is 3. The van der Waals surface area contributed by atoms with Crippen molar-refractivity contribution in [2.75, 3.05) is 38.5 Å². The average molecular weight is 875 g/mol. The fraction of sp³-hybridized carbons (Fsp3) is 0.469. The highest BCUT2D eigenvalue weighted by atomic mass is 32.2. The number of hydrogen-bond acceptors (Lipinski definition) is 9. The fourth-order valence-corrected chi connectivity index (χ4v) is 10.2. The van der Waals surface area contributed by atoms with E-state index in [0.717, 1.165) is 119 Å². The summed E-state index contributed by atoms with van der Waals surface area (Å²) in [5.41, 5.74) is 3.47. The molecule has 4 aliphatic rings. The lowest BCUT2D eigenvalue weighted by molar-refractivity contribution is -0.136. The second-order valence-electron chi connectivity index (χ2n) is 17.1. The van der Waals surface area contributed by atoms with Crippen LogP contribution in [0.25, 0.3) is 6.08 Å². The number of fused-ring (bicyclic) bond motifs is 1. The molecule has 1 aromatic heterocycles. The Morgan fingerprint density at radius 3 is 2.30 bits per heavy atom. The summed E-state index contributed by atoms with van der Waals surface area (Å²) in [6.07, 6.45) is 18.0. The lowest BCUT2D eigenvalue weighted by Crippen LogP contribution is -2.54. The second-order valence-corrected chi connectivity index (χ2v) is 18.2. The molecule has 0 saturated carbocycles. The molecule has 1 unspecified atom stereocenters. The number of unbranched alkanes of at least 4 members (excludes halogenated alkanes) is 4. The van der Waals surface area contributed by atoms with Gasteiger partial charge in [-0.15, -0.1) is 11.8 Å². The highest BCUT2D eigenvalue weighted by Gasteiger charge is 2.45. The lowest BCUT2D eigenvalue weighted by Gasteiger charge is -2.33. The molecule has 0 spiro atoms.